The van der Waals surface area contributed by atoms with E-state index in [0.717, 1.165) is 11.3 Å². The van der Waals surface area contributed by atoms with Gasteiger partial charge in [-0.25, -0.2) is 0 Å². The van der Waals surface area contributed by atoms with Crippen LogP contribution in [0.4, 0.5) is 5.69 Å². The van der Waals surface area contributed by atoms with Crippen LogP contribution in [-0.2, 0) is 16.1 Å². The summed E-state index contributed by atoms with van der Waals surface area (Å²) in [6, 6.07) is 13.0. The van der Waals surface area contributed by atoms with E-state index in [0.29, 0.717) is 20.6 Å². The fraction of sp³-hybridized carbons (Fsp3) is 0.167. The van der Waals surface area contributed by atoms with Crippen molar-refractivity contribution >= 4 is 39.1 Å². The summed E-state index contributed by atoms with van der Waals surface area (Å²) < 4.78 is 6.97. The van der Waals surface area contributed by atoms with E-state index in [4.69, 9.17) is 0 Å². The van der Waals surface area contributed by atoms with Crippen molar-refractivity contribution in [3.8, 4) is 0 Å². The minimum atomic E-state index is -0.482. The van der Waals surface area contributed by atoms with Crippen LogP contribution >= 0.6 is 11.3 Å². The van der Waals surface area contributed by atoms with E-state index in [1.807, 2.05) is 0 Å². The number of rotatable bonds is 5. The van der Waals surface area contributed by atoms with E-state index < -0.39 is 16.8 Å². The molecule has 0 atom stereocenters. The minimum Gasteiger partial charge on any atom is -0.469 e. The molecule has 0 bridgehead atoms. The second kappa shape index (κ2) is 7.92. The molecular weight excluding hydrogens is 370 g/mol. The Bertz CT molecular complexity index is 1090. The Labute approximate surface area is 157 Å². The molecule has 0 spiro atoms. The first-order chi connectivity index (χ1) is 13.0. The molecule has 1 heterocycles. The lowest BCUT2D eigenvalue weighted by Crippen LogP contribution is -2.19. The largest absolute Gasteiger partial charge is 0.469 e. The van der Waals surface area contributed by atoms with Gasteiger partial charge in [-0.1, -0.05) is 29.5 Å². The highest BCUT2D eigenvalue weighted by molar-refractivity contribution is 7.16. The number of nitrogens with zero attached hydrogens (tertiary/aromatic N) is 3. The van der Waals surface area contributed by atoms with Gasteiger partial charge >= 0.3 is 5.97 Å². The highest BCUT2D eigenvalue weighted by Gasteiger charge is 2.14. The van der Waals surface area contributed by atoms with Gasteiger partial charge in [0.1, 0.15) is 0 Å². The molecule has 0 saturated carbocycles. The number of carbonyl (C=O) groups excluding carboxylic acids is 2. The van der Waals surface area contributed by atoms with E-state index in [1.165, 1.54) is 19.2 Å². The second-order valence-electron chi connectivity index (χ2n) is 5.55. The Hall–Kier alpha value is -3.33. The third-order valence-corrected chi connectivity index (χ3v) is 4.90. The van der Waals surface area contributed by atoms with Gasteiger partial charge in [-0.3, -0.25) is 19.7 Å². The lowest BCUT2D eigenvalue weighted by molar-refractivity contribution is -0.384. The zero-order chi connectivity index (χ0) is 19.4. The summed E-state index contributed by atoms with van der Waals surface area (Å²) in [6.45, 7) is 0.241. The van der Waals surface area contributed by atoms with Gasteiger partial charge in [0.05, 0.1) is 28.7 Å². The molecule has 8 nitrogen and oxygen atoms in total. The fourth-order valence-electron chi connectivity index (χ4n) is 2.51. The third kappa shape index (κ3) is 4.09. The number of nitro groups is 1. The standard InChI is InChI=1S/C18H15N3O5S/c1-26-16(22)9-10-20-14-8-7-13(21(24)25)11-15(14)27-18(20)19-17(23)12-5-3-2-4-6-12/h2-8,11H,9-10H2,1H3. The summed E-state index contributed by atoms with van der Waals surface area (Å²) in [6.07, 6.45) is 0.0893. The molecule has 0 unspecified atom stereocenters. The Morgan fingerprint density at radius 3 is 2.63 bits per heavy atom. The molecule has 0 aliphatic heterocycles. The number of ether oxygens (including phenoxy) is 1. The lowest BCUT2D eigenvalue weighted by atomic mass is 10.2. The first kappa shape index (κ1) is 18.5. The van der Waals surface area contributed by atoms with Crippen molar-refractivity contribution < 1.29 is 19.2 Å². The molecule has 27 heavy (non-hydrogen) atoms. The molecule has 1 amide bonds. The average molecular weight is 385 g/mol. The molecule has 9 heteroatoms. The highest BCUT2D eigenvalue weighted by atomic mass is 32.1. The summed E-state index contributed by atoms with van der Waals surface area (Å²) in [5, 5.41) is 11.0. The maximum atomic E-state index is 12.4. The zero-order valence-corrected chi connectivity index (χ0v) is 15.1. The summed E-state index contributed by atoms with van der Waals surface area (Å²) in [5.74, 6) is -0.826. The monoisotopic (exact) mass is 385 g/mol. The number of thiazole rings is 1. The summed E-state index contributed by atoms with van der Waals surface area (Å²) in [7, 11) is 1.30. The lowest BCUT2D eigenvalue weighted by Gasteiger charge is -2.04. The van der Waals surface area contributed by atoms with Crippen LogP contribution < -0.4 is 4.80 Å². The van der Waals surface area contributed by atoms with E-state index >= 15 is 0 Å². The van der Waals surface area contributed by atoms with E-state index in [9.17, 15) is 19.7 Å². The van der Waals surface area contributed by atoms with Crippen LogP contribution in [0.3, 0.4) is 0 Å². The van der Waals surface area contributed by atoms with Crippen molar-refractivity contribution in [2.24, 2.45) is 4.99 Å². The highest BCUT2D eigenvalue weighted by Crippen LogP contribution is 2.23. The van der Waals surface area contributed by atoms with Crippen molar-refractivity contribution in [1.82, 2.24) is 4.57 Å². The number of benzene rings is 2. The summed E-state index contributed by atoms with van der Waals surface area (Å²) >= 11 is 1.16. The van der Waals surface area contributed by atoms with Gasteiger partial charge < -0.3 is 9.30 Å². The molecule has 3 aromatic rings. The number of methoxy groups -OCH3 is 1. The van der Waals surface area contributed by atoms with Crippen molar-refractivity contribution in [1.29, 1.82) is 0 Å². The van der Waals surface area contributed by atoms with Crippen LogP contribution in [0.15, 0.2) is 53.5 Å². The second-order valence-corrected chi connectivity index (χ2v) is 6.56. The number of fused-ring (bicyclic) bond motifs is 1. The number of aryl methyl sites for hydroxylation is 1. The Morgan fingerprint density at radius 2 is 1.96 bits per heavy atom. The van der Waals surface area contributed by atoms with Crippen molar-refractivity contribution in [3.05, 3.63) is 69.0 Å². The Balaban J connectivity index is 2.11. The van der Waals surface area contributed by atoms with Crippen LogP contribution in [0, 0.1) is 10.1 Å². The number of hydrogen-bond acceptors (Lipinski definition) is 6. The van der Waals surface area contributed by atoms with Gasteiger partial charge in [-0.05, 0) is 18.2 Å². The topological polar surface area (TPSA) is 104 Å². The van der Waals surface area contributed by atoms with Crippen LogP contribution in [0.2, 0.25) is 0 Å². The first-order valence-corrected chi connectivity index (χ1v) is 8.80. The van der Waals surface area contributed by atoms with Gasteiger partial charge in [0, 0.05) is 24.2 Å². The van der Waals surface area contributed by atoms with E-state index in [-0.39, 0.29) is 18.7 Å². The van der Waals surface area contributed by atoms with Crippen molar-refractivity contribution in [2.45, 2.75) is 13.0 Å². The minimum absolute atomic E-state index is 0.0511. The third-order valence-electron chi connectivity index (χ3n) is 3.86. The molecule has 3 rings (SSSR count). The molecule has 2 aromatic carbocycles. The maximum absolute atomic E-state index is 12.4. The summed E-state index contributed by atoms with van der Waals surface area (Å²) in [4.78, 5) is 39.0. The van der Waals surface area contributed by atoms with Gasteiger partial charge in [0.2, 0.25) is 0 Å². The molecule has 0 aliphatic carbocycles. The number of aromatic nitrogens is 1. The number of non-ortho nitro benzene ring substituents is 1. The predicted molar refractivity (Wildman–Crippen MR) is 99.4 cm³/mol. The number of hydrogen-bond donors (Lipinski definition) is 0. The van der Waals surface area contributed by atoms with Gasteiger partial charge in [-0.15, -0.1) is 0 Å². The first-order valence-electron chi connectivity index (χ1n) is 7.98. The number of nitro benzene ring substituents is 1. The normalized spacial score (nSPS) is 11.5. The molecule has 0 fully saturated rings. The molecular formula is C18H15N3O5S. The molecule has 0 aliphatic rings. The van der Waals surface area contributed by atoms with Gasteiger partial charge in [0.15, 0.2) is 4.80 Å². The van der Waals surface area contributed by atoms with E-state index in [2.05, 4.69) is 9.73 Å². The Morgan fingerprint density at radius 1 is 1.22 bits per heavy atom. The fourth-order valence-corrected chi connectivity index (χ4v) is 3.60. The SMILES string of the molecule is COC(=O)CCn1c(=NC(=O)c2ccccc2)sc2cc([N+](=O)[O-])ccc21. The van der Waals surface area contributed by atoms with Crippen molar-refractivity contribution in [3.63, 3.8) is 0 Å². The number of esters is 1. The maximum Gasteiger partial charge on any atom is 0.307 e. The molecule has 0 radical (unpaired) electrons. The van der Waals surface area contributed by atoms with Gasteiger partial charge in [0.25, 0.3) is 11.6 Å². The smallest absolute Gasteiger partial charge is 0.307 e. The van der Waals surface area contributed by atoms with Crippen LogP contribution in [0.1, 0.15) is 16.8 Å². The predicted octanol–water partition coefficient (Wildman–Crippen LogP) is 2.92. The quantitative estimate of drug-likeness (QED) is 0.382. The number of amides is 1. The average Bonchev–Trinajstić information content (AvgIpc) is 3.02. The van der Waals surface area contributed by atoms with E-state index in [1.54, 1.807) is 41.0 Å². The van der Waals surface area contributed by atoms with Crippen LogP contribution in [0.25, 0.3) is 10.2 Å². The summed E-state index contributed by atoms with van der Waals surface area (Å²) in [5.41, 5.74) is 1.04. The van der Waals surface area contributed by atoms with Gasteiger partial charge in [-0.2, -0.15) is 4.99 Å². The van der Waals surface area contributed by atoms with Crippen LogP contribution in [-0.4, -0.2) is 28.5 Å². The molecule has 138 valence electrons. The molecule has 0 N–H and O–H groups in total. The Kier molecular flexibility index (Phi) is 5.41. The molecule has 1 aromatic heterocycles. The zero-order valence-electron chi connectivity index (χ0n) is 14.3. The van der Waals surface area contributed by atoms with Crippen molar-refractivity contribution in [2.75, 3.05) is 7.11 Å². The number of carbonyl (C=O) groups is 2. The molecule has 0 saturated heterocycles. The van der Waals surface area contributed by atoms with Crippen LogP contribution in [0.5, 0.6) is 0 Å².